The maximum Gasteiger partial charge on any atom is 0.326 e. The molecule has 7 heteroatoms. The van der Waals surface area contributed by atoms with E-state index < -0.39 is 24.0 Å². The van der Waals surface area contributed by atoms with Crippen LogP contribution in [0.25, 0.3) is 0 Å². The first-order valence-electron chi connectivity index (χ1n) is 6.41. The van der Waals surface area contributed by atoms with Crippen molar-refractivity contribution in [2.45, 2.75) is 18.9 Å². The quantitative estimate of drug-likeness (QED) is 0.637. The molecule has 1 rings (SSSR count). The maximum atomic E-state index is 11.6. The number of urea groups is 1. The number of carboxylic acids is 1. The van der Waals surface area contributed by atoms with Gasteiger partial charge in [-0.15, -0.1) is 0 Å². The van der Waals surface area contributed by atoms with Gasteiger partial charge in [0.05, 0.1) is 13.5 Å². The summed E-state index contributed by atoms with van der Waals surface area (Å²) in [5.41, 5.74) is 0.805. The van der Waals surface area contributed by atoms with Crippen LogP contribution in [-0.4, -0.2) is 42.8 Å². The van der Waals surface area contributed by atoms with E-state index in [0.717, 1.165) is 5.56 Å². The zero-order valence-corrected chi connectivity index (χ0v) is 11.7. The highest BCUT2D eigenvalue weighted by Gasteiger charge is 2.20. The van der Waals surface area contributed by atoms with Gasteiger partial charge in [-0.2, -0.15) is 0 Å². The third kappa shape index (κ3) is 6.42. The maximum absolute atomic E-state index is 11.6. The minimum atomic E-state index is -1.12. The number of methoxy groups -OCH3 is 1. The standard InChI is InChI=1S/C14H18N2O5/c1-21-12(17)7-8-15-14(20)16-11(13(18)19)9-10-5-3-2-4-6-10/h2-6,11H,7-9H2,1H3,(H,18,19)(H2,15,16,20)/t11-/m0/s1. The molecule has 1 atom stereocenters. The molecule has 1 aromatic carbocycles. The summed E-state index contributed by atoms with van der Waals surface area (Å²) in [4.78, 5) is 33.6. The highest BCUT2D eigenvalue weighted by Crippen LogP contribution is 2.03. The fourth-order valence-electron chi connectivity index (χ4n) is 1.64. The molecule has 114 valence electrons. The predicted octanol–water partition coefficient (Wildman–Crippen LogP) is 0.545. The molecule has 0 saturated carbocycles. The monoisotopic (exact) mass is 294 g/mol. The average molecular weight is 294 g/mol. The van der Waals surface area contributed by atoms with Crippen molar-refractivity contribution >= 4 is 18.0 Å². The zero-order chi connectivity index (χ0) is 15.7. The van der Waals surface area contributed by atoms with E-state index in [9.17, 15) is 14.4 Å². The van der Waals surface area contributed by atoms with Crippen molar-refractivity contribution in [1.29, 1.82) is 0 Å². The third-order valence-corrected chi connectivity index (χ3v) is 2.73. The van der Waals surface area contributed by atoms with Crippen molar-refractivity contribution in [2.75, 3.05) is 13.7 Å². The molecule has 0 fully saturated rings. The van der Waals surface area contributed by atoms with Crippen molar-refractivity contribution in [3.8, 4) is 0 Å². The number of hydrogen-bond donors (Lipinski definition) is 3. The molecule has 0 aliphatic rings. The van der Waals surface area contributed by atoms with Crippen LogP contribution in [0.3, 0.4) is 0 Å². The van der Waals surface area contributed by atoms with Crippen LogP contribution in [-0.2, 0) is 20.7 Å². The largest absolute Gasteiger partial charge is 0.480 e. The lowest BCUT2D eigenvalue weighted by Gasteiger charge is -2.15. The van der Waals surface area contributed by atoms with Crippen LogP contribution in [0.1, 0.15) is 12.0 Å². The number of ether oxygens (including phenoxy) is 1. The van der Waals surface area contributed by atoms with E-state index in [2.05, 4.69) is 15.4 Å². The fourth-order valence-corrected chi connectivity index (χ4v) is 1.64. The van der Waals surface area contributed by atoms with Crippen LogP contribution in [0.5, 0.6) is 0 Å². The fraction of sp³-hybridized carbons (Fsp3) is 0.357. The molecule has 0 spiro atoms. The van der Waals surface area contributed by atoms with Crippen molar-refractivity contribution < 1.29 is 24.2 Å². The molecule has 0 aromatic heterocycles. The smallest absolute Gasteiger partial charge is 0.326 e. The predicted molar refractivity (Wildman–Crippen MR) is 74.7 cm³/mol. The van der Waals surface area contributed by atoms with Gasteiger partial charge in [0.1, 0.15) is 6.04 Å². The van der Waals surface area contributed by atoms with Gasteiger partial charge in [0.25, 0.3) is 0 Å². The van der Waals surface area contributed by atoms with Gasteiger partial charge in [0.2, 0.25) is 0 Å². The Morgan fingerprint density at radius 3 is 2.48 bits per heavy atom. The number of carbonyl (C=O) groups excluding carboxylic acids is 2. The first-order chi connectivity index (χ1) is 10.0. The lowest BCUT2D eigenvalue weighted by Crippen LogP contribution is -2.47. The van der Waals surface area contributed by atoms with Crippen molar-refractivity contribution in [3.05, 3.63) is 35.9 Å². The van der Waals surface area contributed by atoms with Gasteiger partial charge in [0, 0.05) is 13.0 Å². The number of carbonyl (C=O) groups is 3. The van der Waals surface area contributed by atoms with Gasteiger partial charge in [0.15, 0.2) is 0 Å². The molecule has 0 radical (unpaired) electrons. The van der Waals surface area contributed by atoms with Crippen LogP contribution in [0.2, 0.25) is 0 Å². The van der Waals surface area contributed by atoms with E-state index in [1.54, 1.807) is 24.3 Å². The van der Waals surface area contributed by atoms with Crippen molar-refractivity contribution in [3.63, 3.8) is 0 Å². The van der Waals surface area contributed by atoms with Crippen LogP contribution in [0.15, 0.2) is 30.3 Å². The Labute approximate surface area is 122 Å². The molecule has 7 nitrogen and oxygen atoms in total. The molecular formula is C14H18N2O5. The van der Waals surface area contributed by atoms with E-state index >= 15 is 0 Å². The van der Waals surface area contributed by atoms with Crippen LogP contribution < -0.4 is 10.6 Å². The summed E-state index contributed by atoms with van der Waals surface area (Å²) in [6.07, 6.45) is 0.209. The van der Waals surface area contributed by atoms with E-state index in [0.29, 0.717) is 0 Å². The van der Waals surface area contributed by atoms with Gasteiger partial charge in [-0.25, -0.2) is 9.59 Å². The molecular weight excluding hydrogens is 276 g/mol. The summed E-state index contributed by atoms with van der Waals surface area (Å²) in [5.74, 6) is -1.57. The normalized spacial score (nSPS) is 11.3. The summed E-state index contributed by atoms with van der Waals surface area (Å²) in [6, 6.07) is 7.31. The van der Waals surface area contributed by atoms with Gasteiger partial charge in [-0.3, -0.25) is 4.79 Å². The lowest BCUT2D eigenvalue weighted by atomic mass is 10.1. The van der Waals surface area contributed by atoms with Crippen molar-refractivity contribution in [1.82, 2.24) is 10.6 Å². The lowest BCUT2D eigenvalue weighted by molar-refractivity contribution is -0.141. The van der Waals surface area contributed by atoms with Gasteiger partial charge in [-0.1, -0.05) is 30.3 Å². The SMILES string of the molecule is COC(=O)CCNC(=O)N[C@@H](Cc1ccccc1)C(=O)O. The summed E-state index contributed by atoms with van der Waals surface area (Å²) in [7, 11) is 1.25. The van der Waals surface area contributed by atoms with Crippen LogP contribution >= 0.6 is 0 Å². The topological polar surface area (TPSA) is 105 Å². The summed E-state index contributed by atoms with van der Waals surface area (Å²) in [5, 5.41) is 13.9. The Morgan fingerprint density at radius 1 is 1.24 bits per heavy atom. The number of carboxylic acid groups (broad SMARTS) is 1. The summed E-state index contributed by atoms with van der Waals surface area (Å²) >= 11 is 0. The number of aliphatic carboxylic acids is 1. The Hall–Kier alpha value is -2.57. The highest BCUT2D eigenvalue weighted by molar-refractivity contribution is 5.83. The first-order valence-corrected chi connectivity index (χ1v) is 6.41. The van der Waals surface area contributed by atoms with Crippen LogP contribution in [0.4, 0.5) is 4.79 Å². The van der Waals surface area contributed by atoms with E-state index in [-0.39, 0.29) is 19.4 Å². The second-order valence-corrected chi connectivity index (χ2v) is 4.31. The number of hydrogen-bond acceptors (Lipinski definition) is 4. The van der Waals surface area contributed by atoms with E-state index in [1.807, 2.05) is 6.07 Å². The first kappa shape index (κ1) is 16.5. The molecule has 21 heavy (non-hydrogen) atoms. The summed E-state index contributed by atoms with van der Waals surface area (Å²) < 4.78 is 4.43. The second-order valence-electron chi connectivity index (χ2n) is 4.31. The Balaban J connectivity index is 2.45. The molecule has 2 amide bonds. The van der Waals surface area contributed by atoms with Gasteiger partial charge < -0.3 is 20.5 Å². The number of esters is 1. The Morgan fingerprint density at radius 2 is 1.90 bits per heavy atom. The molecule has 0 unspecified atom stereocenters. The second kappa shape index (κ2) is 8.57. The molecule has 0 aliphatic carbocycles. The Kier molecular flexibility index (Phi) is 6.73. The van der Waals surface area contributed by atoms with Crippen molar-refractivity contribution in [2.24, 2.45) is 0 Å². The highest BCUT2D eigenvalue weighted by atomic mass is 16.5. The third-order valence-electron chi connectivity index (χ3n) is 2.73. The number of rotatable bonds is 7. The molecule has 1 aromatic rings. The Bertz CT molecular complexity index is 489. The minimum absolute atomic E-state index is 0.0281. The molecule has 0 heterocycles. The minimum Gasteiger partial charge on any atom is -0.480 e. The molecule has 3 N–H and O–H groups in total. The molecule has 0 bridgehead atoms. The number of amides is 2. The van der Waals surface area contributed by atoms with Crippen LogP contribution in [0, 0.1) is 0 Å². The van der Waals surface area contributed by atoms with Gasteiger partial charge in [-0.05, 0) is 5.56 Å². The molecule has 0 saturated heterocycles. The summed E-state index contributed by atoms with van der Waals surface area (Å²) in [6.45, 7) is 0.0795. The number of nitrogens with one attached hydrogen (secondary N) is 2. The average Bonchev–Trinajstić information content (AvgIpc) is 2.47. The zero-order valence-electron chi connectivity index (χ0n) is 11.7. The van der Waals surface area contributed by atoms with E-state index in [1.165, 1.54) is 7.11 Å². The number of benzene rings is 1. The van der Waals surface area contributed by atoms with E-state index in [4.69, 9.17) is 5.11 Å². The molecule has 0 aliphatic heterocycles. The van der Waals surface area contributed by atoms with Gasteiger partial charge >= 0.3 is 18.0 Å².